The molecule has 0 amide bonds. The van der Waals surface area contributed by atoms with E-state index in [1.165, 1.54) is 7.11 Å². The molecular formula is C15H19O2P. The van der Waals surface area contributed by atoms with Gasteiger partial charge >= 0.3 is 5.97 Å². The number of aryl methyl sites for hydroxylation is 2. The van der Waals surface area contributed by atoms with Crippen molar-refractivity contribution in [2.45, 2.75) is 13.8 Å². The number of hydrogen-bond donors (Lipinski definition) is 0. The van der Waals surface area contributed by atoms with Crippen molar-refractivity contribution in [2.75, 3.05) is 13.8 Å². The molecule has 1 rings (SSSR count). The third kappa shape index (κ3) is 3.08. The van der Waals surface area contributed by atoms with Crippen LogP contribution in [0.25, 0.3) is 5.57 Å². The van der Waals surface area contributed by atoms with Crippen LogP contribution in [0.2, 0.25) is 0 Å². The number of hydrogen-bond acceptors (Lipinski definition) is 2. The molecule has 0 aromatic heterocycles. The molecule has 0 bridgehead atoms. The highest BCUT2D eigenvalue weighted by Gasteiger charge is 2.14. The second kappa shape index (κ2) is 6.51. The van der Waals surface area contributed by atoms with Gasteiger partial charge in [-0.2, -0.15) is 0 Å². The Morgan fingerprint density at radius 2 is 1.89 bits per heavy atom. The minimum atomic E-state index is -0.280. The van der Waals surface area contributed by atoms with Crippen LogP contribution in [0.5, 0.6) is 0 Å². The first kappa shape index (κ1) is 14.7. The minimum Gasteiger partial charge on any atom is -0.465 e. The van der Waals surface area contributed by atoms with Crippen molar-refractivity contribution in [3.63, 3.8) is 0 Å². The molecule has 0 aliphatic carbocycles. The van der Waals surface area contributed by atoms with E-state index in [1.807, 2.05) is 32.1 Å². The number of ether oxygens (including phenoxy) is 1. The van der Waals surface area contributed by atoms with Gasteiger partial charge in [0.1, 0.15) is 0 Å². The van der Waals surface area contributed by atoms with Gasteiger partial charge in [-0.25, -0.2) is 4.79 Å². The Labute approximate surface area is 111 Å². The predicted molar refractivity (Wildman–Crippen MR) is 79.7 cm³/mol. The summed E-state index contributed by atoms with van der Waals surface area (Å²) in [6, 6.07) is 4.01. The van der Waals surface area contributed by atoms with E-state index in [0.717, 1.165) is 30.8 Å². The van der Waals surface area contributed by atoms with Gasteiger partial charge in [0.15, 0.2) is 0 Å². The summed E-state index contributed by atoms with van der Waals surface area (Å²) < 4.78 is 4.80. The molecule has 0 N–H and O–H groups in total. The van der Waals surface area contributed by atoms with Gasteiger partial charge in [0.2, 0.25) is 0 Å². The number of allylic oxidation sites excluding steroid dienone is 2. The molecule has 1 unspecified atom stereocenters. The monoisotopic (exact) mass is 262 g/mol. The molecule has 0 spiro atoms. The normalized spacial score (nSPS) is 11.9. The summed E-state index contributed by atoms with van der Waals surface area (Å²) in [5.41, 5.74) is 4.73. The van der Waals surface area contributed by atoms with Crippen LogP contribution in [0, 0.1) is 13.8 Å². The lowest BCUT2D eigenvalue weighted by Crippen LogP contribution is -2.07. The number of benzene rings is 1. The zero-order valence-corrected chi connectivity index (χ0v) is 12.3. The summed E-state index contributed by atoms with van der Waals surface area (Å²) in [7, 11) is 2.14. The van der Waals surface area contributed by atoms with Crippen LogP contribution in [-0.4, -0.2) is 19.7 Å². The number of rotatable bonds is 4. The van der Waals surface area contributed by atoms with Gasteiger partial charge in [-0.15, -0.1) is 8.58 Å². The molecule has 0 saturated heterocycles. The van der Waals surface area contributed by atoms with Crippen LogP contribution >= 0.6 is 8.58 Å². The Balaban J connectivity index is 3.34. The van der Waals surface area contributed by atoms with Crippen molar-refractivity contribution in [3.05, 3.63) is 52.9 Å². The number of esters is 1. The topological polar surface area (TPSA) is 26.3 Å². The molecule has 0 heterocycles. The van der Waals surface area contributed by atoms with Crippen LogP contribution in [0.15, 0.2) is 30.6 Å². The highest BCUT2D eigenvalue weighted by molar-refractivity contribution is 7.41. The lowest BCUT2D eigenvalue weighted by Gasteiger charge is -2.11. The van der Waals surface area contributed by atoms with Crippen LogP contribution in [0.3, 0.4) is 0 Å². The van der Waals surface area contributed by atoms with Gasteiger partial charge in [0.05, 0.1) is 12.7 Å². The van der Waals surface area contributed by atoms with Crippen LogP contribution in [-0.2, 0) is 4.74 Å². The average molecular weight is 262 g/mol. The standard InChI is InChI=1S/C15H19O2P/c1-6-12(9-18-5)13-7-10(2)14(11(3)8-13)15(16)17-4/h6-9,18H,1H2,2-5H3/b12-9+. The molecule has 1 aromatic carbocycles. The maximum Gasteiger partial charge on any atom is 0.338 e. The van der Waals surface area contributed by atoms with E-state index < -0.39 is 0 Å². The Hall–Kier alpha value is -1.40. The highest BCUT2D eigenvalue weighted by Crippen LogP contribution is 2.26. The van der Waals surface area contributed by atoms with Crippen molar-refractivity contribution in [3.8, 4) is 0 Å². The first-order chi connectivity index (χ1) is 8.54. The summed E-state index contributed by atoms with van der Waals surface area (Å²) in [4.78, 5) is 11.7. The number of carbonyl (C=O) groups excluding carboxylic acids is 1. The molecule has 0 aliphatic rings. The lowest BCUT2D eigenvalue weighted by molar-refractivity contribution is 0.0599. The Bertz CT molecular complexity index is 478. The second-order valence-corrected chi connectivity index (χ2v) is 4.94. The van der Waals surface area contributed by atoms with Gasteiger partial charge in [0.25, 0.3) is 0 Å². The molecule has 1 aromatic rings. The van der Waals surface area contributed by atoms with Gasteiger partial charge in [-0.05, 0) is 42.8 Å². The van der Waals surface area contributed by atoms with E-state index in [4.69, 9.17) is 4.74 Å². The van der Waals surface area contributed by atoms with E-state index >= 15 is 0 Å². The maximum absolute atomic E-state index is 11.7. The van der Waals surface area contributed by atoms with E-state index in [1.54, 1.807) is 0 Å². The van der Waals surface area contributed by atoms with Crippen molar-refractivity contribution in [1.82, 2.24) is 0 Å². The molecule has 0 saturated carbocycles. The summed E-state index contributed by atoms with van der Waals surface area (Å²) in [6.07, 6.45) is 1.85. The fourth-order valence-corrected chi connectivity index (χ4v) is 2.57. The first-order valence-electron chi connectivity index (χ1n) is 5.75. The van der Waals surface area contributed by atoms with E-state index in [9.17, 15) is 4.79 Å². The molecule has 0 radical (unpaired) electrons. The summed E-state index contributed by atoms with van der Waals surface area (Å²) in [5.74, 6) is 1.87. The van der Waals surface area contributed by atoms with E-state index in [0.29, 0.717) is 5.56 Å². The third-order valence-electron chi connectivity index (χ3n) is 2.78. The van der Waals surface area contributed by atoms with E-state index in [2.05, 4.69) is 19.1 Å². The fraction of sp³-hybridized carbons (Fsp3) is 0.267. The molecule has 18 heavy (non-hydrogen) atoms. The maximum atomic E-state index is 11.7. The lowest BCUT2D eigenvalue weighted by atomic mass is 9.96. The zero-order chi connectivity index (χ0) is 13.7. The summed E-state index contributed by atoms with van der Waals surface area (Å²) in [6.45, 7) is 9.81. The second-order valence-electron chi connectivity index (χ2n) is 4.07. The summed E-state index contributed by atoms with van der Waals surface area (Å²) in [5, 5.41) is 0. The fourth-order valence-electron chi connectivity index (χ4n) is 1.97. The quantitative estimate of drug-likeness (QED) is 0.467. The number of carbonyl (C=O) groups is 1. The Kier molecular flexibility index (Phi) is 5.30. The highest BCUT2D eigenvalue weighted by atomic mass is 31.1. The van der Waals surface area contributed by atoms with Crippen molar-refractivity contribution < 1.29 is 9.53 Å². The summed E-state index contributed by atoms with van der Waals surface area (Å²) >= 11 is 0. The average Bonchev–Trinajstić information content (AvgIpc) is 2.34. The van der Waals surface area contributed by atoms with Gasteiger partial charge in [-0.3, -0.25) is 0 Å². The van der Waals surface area contributed by atoms with E-state index in [-0.39, 0.29) is 5.97 Å². The molecule has 1 atom stereocenters. The first-order valence-corrected chi connectivity index (χ1v) is 7.32. The van der Waals surface area contributed by atoms with Crippen LogP contribution in [0.1, 0.15) is 27.0 Å². The van der Waals surface area contributed by atoms with Gasteiger partial charge in [0, 0.05) is 0 Å². The van der Waals surface area contributed by atoms with Crippen molar-refractivity contribution in [1.29, 1.82) is 0 Å². The third-order valence-corrected chi connectivity index (χ3v) is 3.37. The van der Waals surface area contributed by atoms with Crippen LogP contribution in [0.4, 0.5) is 0 Å². The minimum absolute atomic E-state index is 0.280. The molecule has 0 aliphatic heterocycles. The predicted octanol–water partition coefficient (Wildman–Crippen LogP) is 3.93. The van der Waals surface area contributed by atoms with Crippen LogP contribution < -0.4 is 0 Å². The molecule has 0 fully saturated rings. The molecule has 3 heteroatoms. The van der Waals surface area contributed by atoms with Gasteiger partial charge in [-0.1, -0.05) is 30.6 Å². The molecule has 96 valence electrons. The number of methoxy groups -OCH3 is 1. The largest absolute Gasteiger partial charge is 0.465 e. The Morgan fingerprint density at radius 1 is 1.33 bits per heavy atom. The molecule has 2 nitrogen and oxygen atoms in total. The van der Waals surface area contributed by atoms with Gasteiger partial charge < -0.3 is 4.74 Å². The SMILES string of the molecule is C=C/C(=C\PC)c1cc(C)c(C(=O)OC)c(C)c1. The zero-order valence-electron chi connectivity index (χ0n) is 11.3. The van der Waals surface area contributed by atoms with Crippen molar-refractivity contribution in [2.24, 2.45) is 0 Å². The Morgan fingerprint density at radius 3 is 2.28 bits per heavy atom. The smallest absolute Gasteiger partial charge is 0.338 e. The van der Waals surface area contributed by atoms with Crippen molar-refractivity contribution >= 4 is 20.1 Å². The molecular weight excluding hydrogens is 243 g/mol.